The highest BCUT2D eigenvalue weighted by molar-refractivity contribution is 6.31. The quantitative estimate of drug-likeness (QED) is 0.317. The molecule has 1 unspecified atom stereocenters. The summed E-state index contributed by atoms with van der Waals surface area (Å²) in [5.74, 6) is 0.668. The monoisotopic (exact) mass is 487 g/mol. The van der Waals surface area contributed by atoms with Gasteiger partial charge in [0.2, 0.25) is 0 Å². The van der Waals surface area contributed by atoms with Crippen molar-refractivity contribution in [3.05, 3.63) is 101 Å². The molecule has 1 aliphatic rings. The lowest BCUT2D eigenvalue weighted by Gasteiger charge is -2.40. The zero-order valence-corrected chi connectivity index (χ0v) is 20.7. The lowest BCUT2D eigenvalue weighted by atomic mass is 9.84. The van der Waals surface area contributed by atoms with Gasteiger partial charge in [-0.1, -0.05) is 48.0 Å². The number of likely N-dealkylation sites (N-methyl/N-ethyl adjacent to an activating group) is 1. The highest BCUT2D eigenvalue weighted by atomic mass is 35.5. The van der Waals surface area contributed by atoms with Crippen LogP contribution >= 0.6 is 11.6 Å². The number of carbonyl (C=O) groups is 1. The fraction of sp³-hybridized carbons (Fsp3) is 0.310. The number of furan rings is 1. The number of hydrogen-bond donors (Lipinski definition) is 0. The van der Waals surface area contributed by atoms with Gasteiger partial charge in [-0.2, -0.15) is 0 Å². The fourth-order valence-electron chi connectivity index (χ4n) is 5.20. The first-order valence-corrected chi connectivity index (χ1v) is 12.6. The summed E-state index contributed by atoms with van der Waals surface area (Å²) in [5, 5.41) is 1.92. The van der Waals surface area contributed by atoms with Crippen molar-refractivity contribution in [2.24, 2.45) is 5.92 Å². The van der Waals surface area contributed by atoms with E-state index in [9.17, 15) is 4.79 Å². The van der Waals surface area contributed by atoms with Crippen molar-refractivity contribution in [1.29, 1.82) is 0 Å². The van der Waals surface area contributed by atoms with Crippen LogP contribution in [0.1, 0.15) is 34.5 Å². The molecule has 0 saturated carbocycles. The van der Waals surface area contributed by atoms with Crippen LogP contribution < -0.4 is 0 Å². The van der Waals surface area contributed by atoms with E-state index in [2.05, 4.69) is 40.2 Å². The van der Waals surface area contributed by atoms with Crippen molar-refractivity contribution in [1.82, 2.24) is 14.8 Å². The SMILES string of the molecule is CN(C(=O)c1ccco1)C(Cc1ccccc1Cl)C1CCN(Cc2ccc3cccnc3c2)CC1. The van der Waals surface area contributed by atoms with Gasteiger partial charge < -0.3 is 9.32 Å². The summed E-state index contributed by atoms with van der Waals surface area (Å²) in [5.41, 5.74) is 3.40. The molecule has 0 bridgehead atoms. The molecule has 1 amide bonds. The van der Waals surface area contributed by atoms with Crippen LogP contribution in [-0.4, -0.2) is 46.9 Å². The summed E-state index contributed by atoms with van der Waals surface area (Å²) in [6.45, 7) is 2.90. The van der Waals surface area contributed by atoms with Crippen molar-refractivity contribution in [3.63, 3.8) is 0 Å². The molecule has 5 rings (SSSR count). The minimum atomic E-state index is -0.0850. The van der Waals surface area contributed by atoms with E-state index in [0.717, 1.165) is 55.0 Å². The molecule has 3 heterocycles. The van der Waals surface area contributed by atoms with Crippen molar-refractivity contribution in [3.8, 4) is 0 Å². The van der Waals surface area contributed by atoms with Gasteiger partial charge >= 0.3 is 0 Å². The molecule has 0 N–H and O–H groups in total. The summed E-state index contributed by atoms with van der Waals surface area (Å²) in [6, 6.07) is 22.1. The van der Waals surface area contributed by atoms with Crippen LogP contribution in [0.25, 0.3) is 10.9 Å². The van der Waals surface area contributed by atoms with E-state index in [4.69, 9.17) is 16.0 Å². The van der Waals surface area contributed by atoms with E-state index < -0.39 is 0 Å². The third kappa shape index (κ3) is 5.42. The van der Waals surface area contributed by atoms with Gasteiger partial charge in [-0.15, -0.1) is 0 Å². The first kappa shape index (κ1) is 23.6. The number of hydrogen-bond acceptors (Lipinski definition) is 4. The maximum absolute atomic E-state index is 13.2. The third-order valence-electron chi connectivity index (χ3n) is 7.19. The molecular weight excluding hydrogens is 458 g/mol. The molecule has 1 saturated heterocycles. The summed E-state index contributed by atoms with van der Waals surface area (Å²) in [7, 11) is 1.89. The van der Waals surface area contributed by atoms with Crippen LogP contribution in [0.2, 0.25) is 5.02 Å². The highest BCUT2D eigenvalue weighted by Gasteiger charge is 2.33. The van der Waals surface area contributed by atoms with Crippen LogP contribution in [0.3, 0.4) is 0 Å². The second kappa shape index (κ2) is 10.6. The zero-order valence-electron chi connectivity index (χ0n) is 19.9. The molecule has 180 valence electrons. The number of piperidine rings is 1. The number of amides is 1. The molecule has 0 radical (unpaired) electrons. The predicted molar refractivity (Wildman–Crippen MR) is 139 cm³/mol. The molecule has 2 aromatic heterocycles. The Bertz CT molecular complexity index is 1280. The summed E-state index contributed by atoms with van der Waals surface area (Å²) < 4.78 is 5.41. The molecule has 35 heavy (non-hydrogen) atoms. The number of pyridine rings is 1. The number of benzene rings is 2. The minimum Gasteiger partial charge on any atom is -0.459 e. The first-order chi connectivity index (χ1) is 17.1. The molecule has 1 aliphatic heterocycles. The largest absolute Gasteiger partial charge is 0.459 e. The van der Waals surface area contributed by atoms with Gasteiger partial charge in [0.25, 0.3) is 5.91 Å². The van der Waals surface area contributed by atoms with Crippen molar-refractivity contribution >= 4 is 28.4 Å². The second-order valence-electron chi connectivity index (χ2n) is 9.40. The van der Waals surface area contributed by atoms with E-state index in [1.54, 1.807) is 18.4 Å². The lowest BCUT2D eigenvalue weighted by molar-refractivity contribution is 0.0556. The Kier molecular flexibility index (Phi) is 7.16. The summed E-state index contributed by atoms with van der Waals surface area (Å²) in [6.07, 6.45) is 6.17. The van der Waals surface area contributed by atoms with Gasteiger partial charge in [0.05, 0.1) is 11.8 Å². The van der Waals surface area contributed by atoms with Gasteiger partial charge in [0.15, 0.2) is 5.76 Å². The average molecular weight is 488 g/mol. The molecule has 0 aliphatic carbocycles. The standard InChI is InChI=1S/C29H30ClN3O2/c1-32(29(34)28-9-5-17-35-28)27(19-24-6-2-3-8-25(24)30)23-12-15-33(16-13-23)20-21-10-11-22-7-4-14-31-26(22)18-21/h2-11,14,17-18,23,27H,12-13,15-16,19-20H2,1H3. The number of carbonyl (C=O) groups excluding carboxylic acids is 1. The maximum Gasteiger partial charge on any atom is 0.289 e. The normalized spacial score (nSPS) is 15.8. The minimum absolute atomic E-state index is 0.0412. The Balaban J connectivity index is 1.29. The molecule has 1 fully saturated rings. The molecular formula is C29H30ClN3O2. The Labute approximate surface area is 211 Å². The molecule has 0 spiro atoms. The summed E-state index contributed by atoms with van der Waals surface area (Å²) >= 11 is 6.51. The lowest BCUT2D eigenvalue weighted by Crippen LogP contribution is -2.47. The van der Waals surface area contributed by atoms with E-state index in [0.29, 0.717) is 11.7 Å². The number of likely N-dealkylation sites (tertiary alicyclic amines) is 1. The van der Waals surface area contributed by atoms with Crippen LogP contribution in [0.4, 0.5) is 0 Å². The van der Waals surface area contributed by atoms with Crippen LogP contribution in [-0.2, 0) is 13.0 Å². The van der Waals surface area contributed by atoms with Gasteiger partial charge in [-0.05, 0) is 79.7 Å². The topological polar surface area (TPSA) is 49.6 Å². The van der Waals surface area contributed by atoms with E-state index in [-0.39, 0.29) is 11.9 Å². The Morgan fingerprint density at radius 3 is 2.71 bits per heavy atom. The fourth-order valence-corrected chi connectivity index (χ4v) is 5.41. The van der Waals surface area contributed by atoms with Crippen molar-refractivity contribution in [2.75, 3.05) is 20.1 Å². The van der Waals surface area contributed by atoms with Gasteiger partial charge in [0.1, 0.15) is 0 Å². The third-order valence-corrected chi connectivity index (χ3v) is 7.56. The Hall–Kier alpha value is -3.15. The van der Waals surface area contributed by atoms with Crippen LogP contribution in [0.15, 0.2) is 83.6 Å². The summed E-state index contributed by atoms with van der Waals surface area (Å²) in [4.78, 5) is 22.0. The van der Waals surface area contributed by atoms with Crippen LogP contribution in [0, 0.1) is 5.92 Å². The molecule has 5 nitrogen and oxygen atoms in total. The zero-order chi connectivity index (χ0) is 24.2. The highest BCUT2D eigenvalue weighted by Crippen LogP contribution is 2.30. The van der Waals surface area contributed by atoms with E-state index in [1.807, 2.05) is 42.4 Å². The predicted octanol–water partition coefficient (Wildman–Crippen LogP) is 6.08. The number of fused-ring (bicyclic) bond motifs is 1. The van der Waals surface area contributed by atoms with E-state index in [1.165, 1.54) is 10.9 Å². The number of rotatable bonds is 7. The van der Waals surface area contributed by atoms with Crippen LogP contribution in [0.5, 0.6) is 0 Å². The van der Waals surface area contributed by atoms with Crippen molar-refractivity contribution in [2.45, 2.75) is 31.8 Å². The number of halogens is 1. The van der Waals surface area contributed by atoms with E-state index >= 15 is 0 Å². The van der Waals surface area contributed by atoms with Gasteiger partial charge in [-0.25, -0.2) is 0 Å². The molecule has 4 aromatic rings. The molecule has 6 heteroatoms. The van der Waals surface area contributed by atoms with Gasteiger partial charge in [-0.3, -0.25) is 14.7 Å². The van der Waals surface area contributed by atoms with Gasteiger partial charge in [0, 0.05) is 36.2 Å². The second-order valence-corrected chi connectivity index (χ2v) is 9.81. The molecule has 2 aromatic carbocycles. The van der Waals surface area contributed by atoms with Crippen molar-refractivity contribution < 1.29 is 9.21 Å². The molecule has 1 atom stereocenters. The number of aromatic nitrogens is 1. The number of nitrogens with zero attached hydrogens (tertiary/aromatic N) is 3. The Morgan fingerprint density at radius 1 is 1.11 bits per heavy atom. The average Bonchev–Trinajstić information content (AvgIpc) is 3.43. The smallest absolute Gasteiger partial charge is 0.289 e. The Morgan fingerprint density at radius 2 is 1.94 bits per heavy atom. The maximum atomic E-state index is 13.2. The first-order valence-electron chi connectivity index (χ1n) is 12.2.